The second-order valence-electron chi connectivity index (χ2n) is 8.93. The minimum Gasteiger partial charge on any atom is -0.465 e. The summed E-state index contributed by atoms with van der Waals surface area (Å²) in [5.41, 5.74) is 1.56. The predicted molar refractivity (Wildman–Crippen MR) is 105 cm³/mol. The van der Waals surface area contributed by atoms with E-state index in [9.17, 15) is 14.7 Å². The molecular formula is C20H30N4O4. The summed E-state index contributed by atoms with van der Waals surface area (Å²) in [4.78, 5) is 36.3. The maximum atomic E-state index is 11.6. The molecule has 0 saturated carbocycles. The van der Waals surface area contributed by atoms with Crippen molar-refractivity contribution in [3.05, 3.63) is 17.1 Å². The Labute approximate surface area is 165 Å². The molecule has 1 aromatic rings. The van der Waals surface area contributed by atoms with Gasteiger partial charge in [-0.05, 0) is 19.3 Å². The fourth-order valence-electron chi connectivity index (χ4n) is 4.05. The smallest absolute Gasteiger partial charge is 0.407 e. The molecule has 2 heterocycles. The lowest BCUT2D eigenvalue weighted by molar-refractivity contribution is -0.146. The van der Waals surface area contributed by atoms with E-state index in [0.717, 1.165) is 17.1 Å². The fourth-order valence-corrected chi connectivity index (χ4v) is 4.05. The van der Waals surface area contributed by atoms with Gasteiger partial charge in [0.1, 0.15) is 17.7 Å². The molecule has 1 N–H and O–H groups in total. The van der Waals surface area contributed by atoms with Gasteiger partial charge >= 0.3 is 12.1 Å². The number of fused-ring (bicyclic) bond motifs is 1. The van der Waals surface area contributed by atoms with Crippen LogP contribution in [0.3, 0.4) is 0 Å². The van der Waals surface area contributed by atoms with Gasteiger partial charge in [0.2, 0.25) is 0 Å². The van der Waals surface area contributed by atoms with Gasteiger partial charge in [-0.2, -0.15) is 0 Å². The maximum Gasteiger partial charge on any atom is 0.407 e. The Morgan fingerprint density at radius 1 is 1.18 bits per heavy atom. The van der Waals surface area contributed by atoms with E-state index < -0.39 is 6.09 Å². The average Bonchev–Trinajstić information content (AvgIpc) is 2.88. The number of esters is 1. The summed E-state index contributed by atoms with van der Waals surface area (Å²) in [5.74, 6) is 1.41. The first kappa shape index (κ1) is 20.4. The molecule has 1 aliphatic carbocycles. The monoisotopic (exact) mass is 390 g/mol. The third-order valence-corrected chi connectivity index (χ3v) is 5.47. The van der Waals surface area contributed by atoms with Gasteiger partial charge in [0, 0.05) is 43.6 Å². The van der Waals surface area contributed by atoms with E-state index in [1.54, 1.807) is 0 Å². The molecule has 0 radical (unpaired) electrons. The molecule has 0 bridgehead atoms. The molecule has 8 heteroatoms. The Morgan fingerprint density at radius 3 is 2.39 bits per heavy atom. The van der Waals surface area contributed by atoms with Gasteiger partial charge in [-0.15, -0.1) is 0 Å². The zero-order valence-corrected chi connectivity index (χ0v) is 17.5. The number of rotatable bonds is 2. The van der Waals surface area contributed by atoms with Crippen molar-refractivity contribution in [2.75, 3.05) is 24.5 Å². The number of hydrogen-bond acceptors (Lipinski definition) is 6. The van der Waals surface area contributed by atoms with Crippen LogP contribution in [0.2, 0.25) is 0 Å². The number of amides is 1. The lowest BCUT2D eigenvalue weighted by Gasteiger charge is -2.40. The zero-order chi connectivity index (χ0) is 20.8. The van der Waals surface area contributed by atoms with E-state index in [1.165, 1.54) is 11.8 Å². The van der Waals surface area contributed by atoms with Crippen LogP contribution in [0.1, 0.15) is 77.1 Å². The molecule has 3 rings (SSSR count). The third kappa shape index (κ3) is 3.77. The topological polar surface area (TPSA) is 95.9 Å². The quantitative estimate of drug-likeness (QED) is 0.775. The maximum absolute atomic E-state index is 11.6. The SMILES string of the molecule is CC(=O)O[C@H]1C[C@@H](C)c2c1nc(C(C)(C)C)nc2N1CCN(C(=O)O)C[C@@H]1C. The number of nitrogens with zero attached hydrogens (tertiary/aromatic N) is 4. The zero-order valence-electron chi connectivity index (χ0n) is 17.5. The summed E-state index contributed by atoms with van der Waals surface area (Å²) < 4.78 is 5.56. The molecule has 1 amide bonds. The first-order valence-electron chi connectivity index (χ1n) is 9.83. The van der Waals surface area contributed by atoms with Gasteiger partial charge < -0.3 is 19.6 Å². The van der Waals surface area contributed by atoms with E-state index in [1.807, 2.05) is 6.92 Å². The van der Waals surface area contributed by atoms with Crippen LogP contribution in [-0.4, -0.2) is 57.7 Å². The van der Waals surface area contributed by atoms with Crippen LogP contribution >= 0.6 is 0 Å². The van der Waals surface area contributed by atoms with Crippen LogP contribution in [0.4, 0.5) is 10.6 Å². The fraction of sp³-hybridized carbons (Fsp3) is 0.700. The number of aromatic nitrogens is 2. The first-order chi connectivity index (χ1) is 13.0. The summed E-state index contributed by atoms with van der Waals surface area (Å²) in [5, 5.41) is 9.31. The summed E-state index contributed by atoms with van der Waals surface area (Å²) in [6, 6.07) is -0.00311. The Balaban J connectivity index is 2.07. The molecule has 1 aromatic heterocycles. The van der Waals surface area contributed by atoms with Crippen molar-refractivity contribution < 1.29 is 19.4 Å². The van der Waals surface area contributed by atoms with Crippen LogP contribution in [0.25, 0.3) is 0 Å². The van der Waals surface area contributed by atoms with E-state index in [2.05, 4.69) is 32.6 Å². The van der Waals surface area contributed by atoms with Gasteiger partial charge in [-0.1, -0.05) is 27.7 Å². The molecule has 0 spiro atoms. The van der Waals surface area contributed by atoms with Crippen molar-refractivity contribution in [3.63, 3.8) is 0 Å². The standard InChI is InChI=1S/C20H30N4O4/c1-11-9-14(28-13(3)25)16-15(11)17(22-18(21-16)20(4,5)6)24-8-7-23(19(26)27)10-12(24)2/h11-12,14H,7-10H2,1-6H3,(H,26,27)/t11-,12+,14+/m1/s1. The molecule has 3 atom stereocenters. The minimum absolute atomic E-state index is 0.00311. The molecule has 28 heavy (non-hydrogen) atoms. The Bertz CT molecular complexity index is 789. The summed E-state index contributed by atoms with van der Waals surface area (Å²) in [6.45, 7) is 13.2. The Hall–Kier alpha value is -2.38. The Kier molecular flexibility index (Phi) is 5.25. The molecule has 1 aliphatic heterocycles. The predicted octanol–water partition coefficient (Wildman–Crippen LogP) is 3.07. The molecule has 154 valence electrons. The van der Waals surface area contributed by atoms with E-state index in [0.29, 0.717) is 31.9 Å². The van der Waals surface area contributed by atoms with Crippen molar-refractivity contribution in [3.8, 4) is 0 Å². The molecule has 0 aromatic carbocycles. The Morgan fingerprint density at radius 2 is 1.86 bits per heavy atom. The van der Waals surface area contributed by atoms with Crippen LogP contribution in [0.15, 0.2) is 0 Å². The molecule has 2 aliphatic rings. The molecule has 0 unspecified atom stereocenters. The summed E-state index contributed by atoms with van der Waals surface area (Å²) in [6.07, 6.45) is -0.563. The third-order valence-electron chi connectivity index (χ3n) is 5.47. The minimum atomic E-state index is -0.891. The lowest BCUT2D eigenvalue weighted by Crippen LogP contribution is -2.54. The van der Waals surface area contributed by atoms with E-state index in [4.69, 9.17) is 14.7 Å². The van der Waals surface area contributed by atoms with Gasteiger partial charge in [0.05, 0.1) is 5.69 Å². The molecule has 1 fully saturated rings. The van der Waals surface area contributed by atoms with Crippen molar-refractivity contribution >= 4 is 17.9 Å². The van der Waals surface area contributed by atoms with E-state index >= 15 is 0 Å². The van der Waals surface area contributed by atoms with Crippen molar-refractivity contribution in [1.29, 1.82) is 0 Å². The van der Waals surface area contributed by atoms with Crippen molar-refractivity contribution in [2.24, 2.45) is 0 Å². The number of carboxylic acid groups (broad SMARTS) is 1. The van der Waals surface area contributed by atoms with Crippen LogP contribution < -0.4 is 4.90 Å². The van der Waals surface area contributed by atoms with Crippen molar-refractivity contribution in [2.45, 2.75) is 71.4 Å². The van der Waals surface area contributed by atoms with Gasteiger partial charge in [0.25, 0.3) is 0 Å². The largest absolute Gasteiger partial charge is 0.465 e. The highest BCUT2D eigenvalue weighted by Gasteiger charge is 2.39. The number of carbonyl (C=O) groups is 2. The van der Waals surface area contributed by atoms with Gasteiger partial charge in [-0.3, -0.25) is 4.79 Å². The normalized spacial score (nSPS) is 24.9. The lowest BCUT2D eigenvalue weighted by atomic mass is 9.94. The number of piperazine rings is 1. The number of carbonyl (C=O) groups excluding carboxylic acids is 1. The highest BCUT2D eigenvalue weighted by Crippen LogP contribution is 2.46. The number of ether oxygens (including phenoxy) is 1. The van der Waals surface area contributed by atoms with Gasteiger partial charge in [-0.25, -0.2) is 14.8 Å². The van der Waals surface area contributed by atoms with Gasteiger partial charge in [0.15, 0.2) is 0 Å². The number of anilines is 1. The second-order valence-corrected chi connectivity index (χ2v) is 8.93. The highest BCUT2D eigenvalue weighted by molar-refractivity contribution is 5.67. The molecule has 1 saturated heterocycles. The summed E-state index contributed by atoms with van der Waals surface area (Å²) >= 11 is 0. The molecule has 8 nitrogen and oxygen atoms in total. The average molecular weight is 390 g/mol. The first-order valence-corrected chi connectivity index (χ1v) is 9.83. The number of hydrogen-bond donors (Lipinski definition) is 1. The van der Waals surface area contributed by atoms with Crippen molar-refractivity contribution in [1.82, 2.24) is 14.9 Å². The van der Waals surface area contributed by atoms with Crippen LogP contribution in [-0.2, 0) is 14.9 Å². The molecular weight excluding hydrogens is 360 g/mol. The summed E-state index contributed by atoms with van der Waals surface area (Å²) in [7, 11) is 0. The second kappa shape index (κ2) is 7.22. The van der Waals surface area contributed by atoms with E-state index in [-0.39, 0.29) is 29.4 Å². The van der Waals surface area contributed by atoms with Crippen LogP contribution in [0.5, 0.6) is 0 Å². The van der Waals surface area contributed by atoms with Crippen LogP contribution in [0, 0.1) is 0 Å². The highest BCUT2D eigenvalue weighted by atomic mass is 16.5.